The first kappa shape index (κ1) is 11.7. The molecule has 2 heteroatoms. The lowest BCUT2D eigenvalue weighted by Gasteiger charge is -2.09. The molecule has 0 saturated heterocycles. The van der Waals surface area contributed by atoms with Crippen LogP contribution in [0.25, 0.3) is 0 Å². The number of aryl methyl sites for hydroxylation is 1. The molecular weight excluding hydrogens is 212 g/mol. The van der Waals surface area contributed by atoms with E-state index in [9.17, 15) is 5.11 Å². The molecule has 0 amide bonds. The van der Waals surface area contributed by atoms with Crippen LogP contribution in [0.5, 0.6) is 11.5 Å². The Labute approximate surface area is 101 Å². The summed E-state index contributed by atoms with van der Waals surface area (Å²) in [5.41, 5.74) is 2.08. The van der Waals surface area contributed by atoms with Crippen LogP contribution in [0.2, 0.25) is 0 Å². The minimum Gasteiger partial charge on any atom is -0.457 e. The number of hydrogen-bond donors (Lipinski definition) is 1. The largest absolute Gasteiger partial charge is 0.457 e. The van der Waals surface area contributed by atoms with E-state index in [0.29, 0.717) is 5.75 Å². The minimum absolute atomic E-state index is 0.0107. The third-order valence-electron chi connectivity index (χ3n) is 2.70. The summed E-state index contributed by atoms with van der Waals surface area (Å²) in [5.74, 6) is 1.50. The number of aliphatic hydroxyl groups excluding tert-OH is 1. The summed E-state index contributed by atoms with van der Waals surface area (Å²) in [6.07, 6.45) is 1.02. The molecule has 0 aliphatic carbocycles. The van der Waals surface area contributed by atoms with Crippen LogP contribution in [-0.2, 0) is 13.0 Å². The number of para-hydroxylation sites is 1. The molecule has 2 aromatic carbocycles. The SMILES string of the molecule is CCc1ccc(Oc2ccccc2CO)cc1. The molecule has 2 aromatic rings. The van der Waals surface area contributed by atoms with E-state index in [0.717, 1.165) is 17.7 Å². The van der Waals surface area contributed by atoms with E-state index in [1.54, 1.807) is 0 Å². The van der Waals surface area contributed by atoms with Crippen LogP contribution in [0.4, 0.5) is 0 Å². The van der Waals surface area contributed by atoms with Gasteiger partial charge in [-0.1, -0.05) is 37.3 Å². The van der Waals surface area contributed by atoms with Crippen molar-refractivity contribution in [2.75, 3.05) is 0 Å². The Kier molecular flexibility index (Phi) is 3.78. The van der Waals surface area contributed by atoms with E-state index in [4.69, 9.17) is 4.74 Å². The molecule has 1 N–H and O–H groups in total. The van der Waals surface area contributed by atoms with Crippen LogP contribution in [0.1, 0.15) is 18.1 Å². The molecule has 0 unspecified atom stereocenters. The molecule has 0 atom stereocenters. The van der Waals surface area contributed by atoms with Gasteiger partial charge >= 0.3 is 0 Å². The maximum Gasteiger partial charge on any atom is 0.132 e. The Balaban J connectivity index is 2.19. The van der Waals surface area contributed by atoms with E-state index >= 15 is 0 Å². The van der Waals surface area contributed by atoms with Crippen LogP contribution in [0.3, 0.4) is 0 Å². The topological polar surface area (TPSA) is 29.5 Å². The van der Waals surface area contributed by atoms with Crippen LogP contribution in [0, 0.1) is 0 Å². The van der Waals surface area contributed by atoms with Crippen LogP contribution < -0.4 is 4.74 Å². The first-order valence-corrected chi connectivity index (χ1v) is 5.79. The van der Waals surface area contributed by atoms with Crippen LogP contribution in [-0.4, -0.2) is 5.11 Å². The second kappa shape index (κ2) is 5.51. The lowest BCUT2D eigenvalue weighted by atomic mass is 10.1. The quantitative estimate of drug-likeness (QED) is 0.867. The highest BCUT2D eigenvalue weighted by molar-refractivity contribution is 5.38. The average molecular weight is 228 g/mol. The van der Waals surface area contributed by atoms with E-state index in [-0.39, 0.29) is 6.61 Å². The number of ether oxygens (including phenoxy) is 1. The van der Waals surface area contributed by atoms with E-state index in [2.05, 4.69) is 19.1 Å². The van der Waals surface area contributed by atoms with E-state index in [1.165, 1.54) is 5.56 Å². The zero-order valence-corrected chi connectivity index (χ0v) is 9.89. The summed E-state index contributed by atoms with van der Waals surface area (Å²) in [4.78, 5) is 0. The Hall–Kier alpha value is -1.80. The number of rotatable bonds is 4. The Morgan fingerprint density at radius 2 is 1.71 bits per heavy atom. The monoisotopic (exact) mass is 228 g/mol. The molecule has 17 heavy (non-hydrogen) atoms. The minimum atomic E-state index is -0.0107. The van der Waals surface area contributed by atoms with Gasteiger partial charge in [-0.15, -0.1) is 0 Å². The second-order valence-electron chi connectivity index (χ2n) is 3.87. The average Bonchev–Trinajstić information content (AvgIpc) is 2.40. The highest BCUT2D eigenvalue weighted by Gasteiger charge is 2.02. The van der Waals surface area contributed by atoms with Gasteiger partial charge in [-0.2, -0.15) is 0 Å². The van der Waals surface area contributed by atoms with Crippen molar-refractivity contribution in [1.29, 1.82) is 0 Å². The highest BCUT2D eigenvalue weighted by atomic mass is 16.5. The van der Waals surface area contributed by atoms with Gasteiger partial charge in [0.25, 0.3) is 0 Å². The summed E-state index contributed by atoms with van der Waals surface area (Å²) in [6.45, 7) is 2.11. The van der Waals surface area contributed by atoms with E-state index in [1.807, 2.05) is 36.4 Å². The van der Waals surface area contributed by atoms with Gasteiger partial charge in [0.1, 0.15) is 11.5 Å². The number of hydrogen-bond acceptors (Lipinski definition) is 2. The molecule has 0 aromatic heterocycles. The first-order chi connectivity index (χ1) is 8.33. The summed E-state index contributed by atoms with van der Waals surface area (Å²) in [7, 11) is 0. The van der Waals surface area contributed by atoms with Crippen LogP contribution >= 0.6 is 0 Å². The van der Waals surface area contributed by atoms with Crippen molar-refractivity contribution < 1.29 is 9.84 Å². The van der Waals surface area contributed by atoms with Crippen molar-refractivity contribution in [3.63, 3.8) is 0 Å². The second-order valence-corrected chi connectivity index (χ2v) is 3.87. The molecule has 88 valence electrons. The van der Waals surface area contributed by atoms with E-state index < -0.39 is 0 Å². The molecule has 0 saturated carbocycles. The van der Waals surface area contributed by atoms with Gasteiger partial charge in [0.2, 0.25) is 0 Å². The molecule has 0 radical (unpaired) electrons. The normalized spacial score (nSPS) is 10.2. The molecule has 0 bridgehead atoms. The molecular formula is C15H16O2. The molecule has 0 heterocycles. The fourth-order valence-corrected chi connectivity index (χ4v) is 1.65. The number of aliphatic hydroxyl groups is 1. The van der Waals surface area contributed by atoms with Crippen molar-refractivity contribution in [2.45, 2.75) is 20.0 Å². The molecule has 2 rings (SSSR count). The van der Waals surface area contributed by atoms with Crippen molar-refractivity contribution in [3.05, 3.63) is 59.7 Å². The van der Waals surface area contributed by atoms with Gasteiger partial charge in [0, 0.05) is 5.56 Å². The van der Waals surface area contributed by atoms with Gasteiger partial charge in [-0.25, -0.2) is 0 Å². The predicted molar refractivity (Wildman–Crippen MR) is 68.3 cm³/mol. The molecule has 0 spiro atoms. The van der Waals surface area contributed by atoms with Gasteiger partial charge in [-0.05, 0) is 30.2 Å². The van der Waals surface area contributed by atoms with Crippen molar-refractivity contribution in [3.8, 4) is 11.5 Å². The van der Waals surface area contributed by atoms with Crippen molar-refractivity contribution in [2.24, 2.45) is 0 Å². The lowest BCUT2D eigenvalue weighted by Crippen LogP contribution is -1.91. The zero-order chi connectivity index (χ0) is 12.1. The van der Waals surface area contributed by atoms with Gasteiger partial charge in [0.05, 0.1) is 6.61 Å². The van der Waals surface area contributed by atoms with Gasteiger partial charge < -0.3 is 9.84 Å². The number of benzene rings is 2. The van der Waals surface area contributed by atoms with Crippen LogP contribution in [0.15, 0.2) is 48.5 Å². The Morgan fingerprint density at radius 1 is 1.00 bits per heavy atom. The third-order valence-corrected chi connectivity index (χ3v) is 2.70. The smallest absolute Gasteiger partial charge is 0.132 e. The maximum atomic E-state index is 9.20. The summed E-state index contributed by atoms with van der Waals surface area (Å²) < 4.78 is 5.74. The van der Waals surface area contributed by atoms with Gasteiger partial charge in [0.15, 0.2) is 0 Å². The van der Waals surface area contributed by atoms with Crippen molar-refractivity contribution in [1.82, 2.24) is 0 Å². The maximum absolute atomic E-state index is 9.20. The molecule has 0 aliphatic heterocycles. The Bertz CT molecular complexity index is 475. The lowest BCUT2D eigenvalue weighted by molar-refractivity contribution is 0.276. The zero-order valence-electron chi connectivity index (χ0n) is 9.89. The fourth-order valence-electron chi connectivity index (χ4n) is 1.65. The molecule has 2 nitrogen and oxygen atoms in total. The molecule has 0 aliphatic rings. The summed E-state index contributed by atoms with van der Waals surface area (Å²) in [5, 5.41) is 9.20. The fraction of sp³-hybridized carbons (Fsp3) is 0.200. The predicted octanol–water partition coefficient (Wildman–Crippen LogP) is 3.53. The Morgan fingerprint density at radius 3 is 2.35 bits per heavy atom. The van der Waals surface area contributed by atoms with Crippen molar-refractivity contribution >= 4 is 0 Å². The first-order valence-electron chi connectivity index (χ1n) is 5.79. The highest BCUT2D eigenvalue weighted by Crippen LogP contribution is 2.25. The summed E-state index contributed by atoms with van der Waals surface area (Å²) >= 11 is 0. The van der Waals surface area contributed by atoms with Gasteiger partial charge in [-0.3, -0.25) is 0 Å². The summed E-state index contributed by atoms with van der Waals surface area (Å²) in [6, 6.07) is 15.5. The third kappa shape index (κ3) is 2.86. The molecule has 0 fully saturated rings. The standard InChI is InChI=1S/C15H16O2/c1-2-12-7-9-14(10-8-12)17-15-6-4-3-5-13(15)11-16/h3-10,16H,2,11H2,1H3.